The van der Waals surface area contributed by atoms with Gasteiger partial charge in [0.25, 0.3) is 5.91 Å². The highest BCUT2D eigenvalue weighted by Crippen LogP contribution is 2.40. The smallest absolute Gasteiger partial charge is 0.271 e. The van der Waals surface area contributed by atoms with E-state index in [-0.39, 0.29) is 5.91 Å². The van der Waals surface area contributed by atoms with Crippen molar-refractivity contribution in [3.05, 3.63) is 59.8 Å². The van der Waals surface area contributed by atoms with E-state index in [1.165, 1.54) is 0 Å². The molecular formula is C26H31N3O5. The molecule has 0 saturated carbocycles. The Balaban J connectivity index is 1.41. The first kappa shape index (κ1) is 23.6. The monoisotopic (exact) mass is 465 g/mol. The molecule has 1 atom stereocenters. The molecule has 1 N–H and O–H groups in total. The van der Waals surface area contributed by atoms with Crippen molar-refractivity contribution in [2.75, 3.05) is 41.0 Å². The Labute approximate surface area is 199 Å². The Morgan fingerprint density at radius 3 is 2.47 bits per heavy atom. The molecule has 8 heteroatoms. The lowest BCUT2D eigenvalue weighted by atomic mass is 9.98. The minimum Gasteiger partial charge on any atom is -0.493 e. The number of carbonyl (C=O) groups excluding carboxylic acids is 1. The zero-order valence-corrected chi connectivity index (χ0v) is 19.9. The van der Waals surface area contributed by atoms with E-state index < -0.39 is 0 Å². The molecule has 0 aliphatic carbocycles. The number of hydrogen-bond acceptors (Lipinski definition) is 6. The Morgan fingerprint density at radius 1 is 1.06 bits per heavy atom. The van der Waals surface area contributed by atoms with Crippen LogP contribution in [-0.4, -0.2) is 62.0 Å². The lowest BCUT2D eigenvalue weighted by Crippen LogP contribution is -2.41. The molecule has 1 fully saturated rings. The molecule has 1 aliphatic rings. The van der Waals surface area contributed by atoms with Gasteiger partial charge < -0.3 is 23.8 Å². The molecule has 1 aromatic heterocycles. The van der Waals surface area contributed by atoms with Crippen LogP contribution in [0.5, 0.6) is 17.2 Å². The molecule has 1 saturated heterocycles. The molecule has 2 heterocycles. The second-order valence-corrected chi connectivity index (χ2v) is 8.34. The quantitative estimate of drug-likeness (QED) is 0.511. The van der Waals surface area contributed by atoms with Gasteiger partial charge in [-0.05, 0) is 42.5 Å². The molecule has 3 aromatic rings. The number of H-pyrrole nitrogens is 1. The first-order valence-corrected chi connectivity index (χ1v) is 11.4. The fourth-order valence-corrected chi connectivity index (χ4v) is 4.28. The molecule has 1 aliphatic heterocycles. The van der Waals surface area contributed by atoms with E-state index in [0.29, 0.717) is 54.3 Å². The summed E-state index contributed by atoms with van der Waals surface area (Å²) in [6, 6.07) is 15.5. The number of nitrogens with one attached hydrogen (secondary N) is 1. The summed E-state index contributed by atoms with van der Waals surface area (Å²) in [6.45, 7) is 2.63. The van der Waals surface area contributed by atoms with E-state index in [1.807, 2.05) is 35.2 Å². The van der Waals surface area contributed by atoms with Gasteiger partial charge in [-0.15, -0.1) is 0 Å². The van der Waals surface area contributed by atoms with Crippen molar-refractivity contribution in [3.63, 3.8) is 0 Å². The highest BCUT2D eigenvalue weighted by atomic mass is 16.5. The van der Waals surface area contributed by atoms with Crippen LogP contribution < -0.4 is 14.2 Å². The molecule has 34 heavy (non-hydrogen) atoms. The van der Waals surface area contributed by atoms with E-state index in [4.69, 9.17) is 18.9 Å². The molecule has 0 bridgehead atoms. The number of methoxy groups -OCH3 is 3. The molecule has 8 nitrogen and oxygen atoms in total. The van der Waals surface area contributed by atoms with Crippen LogP contribution in [0.1, 0.15) is 28.9 Å². The topological polar surface area (TPSA) is 85.9 Å². The molecular weight excluding hydrogens is 434 g/mol. The first-order chi connectivity index (χ1) is 16.6. The number of hydrogen-bond donors (Lipinski definition) is 1. The number of aromatic nitrogens is 2. The summed E-state index contributed by atoms with van der Waals surface area (Å²) in [5.41, 5.74) is 3.00. The van der Waals surface area contributed by atoms with E-state index in [9.17, 15) is 4.79 Å². The number of rotatable bonds is 9. The molecule has 180 valence electrons. The summed E-state index contributed by atoms with van der Waals surface area (Å²) >= 11 is 0. The number of carbonyl (C=O) groups is 1. The standard InChI is InChI=1S/C26H31N3O5/c1-31-23-12-20(13-24(32-2)25(23)33-3)21-14-22(28-27-21)26(30)29-11-7-10-19(15-29)17-34-16-18-8-5-4-6-9-18/h4-6,8-9,12-14,19H,7,10-11,15-17H2,1-3H3,(H,27,28). The highest BCUT2D eigenvalue weighted by Gasteiger charge is 2.26. The maximum absolute atomic E-state index is 13.2. The van der Waals surface area contributed by atoms with E-state index >= 15 is 0 Å². The second kappa shape index (κ2) is 11.1. The first-order valence-electron chi connectivity index (χ1n) is 11.4. The summed E-state index contributed by atoms with van der Waals surface area (Å²) < 4.78 is 22.2. The van der Waals surface area contributed by atoms with Crippen LogP contribution in [0.15, 0.2) is 48.5 Å². The fourth-order valence-electron chi connectivity index (χ4n) is 4.28. The number of benzene rings is 2. The Kier molecular flexibility index (Phi) is 7.69. The second-order valence-electron chi connectivity index (χ2n) is 8.34. The average molecular weight is 466 g/mol. The number of likely N-dealkylation sites (tertiary alicyclic amines) is 1. The van der Waals surface area contributed by atoms with Gasteiger partial charge in [0.15, 0.2) is 11.5 Å². The summed E-state index contributed by atoms with van der Waals surface area (Å²) in [5.74, 6) is 1.83. The predicted octanol–water partition coefficient (Wildman–Crippen LogP) is 4.17. The van der Waals surface area contributed by atoms with Gasteiger partial charge >= 0.3 is 0 Å². The van der Waals surface area contributed by atoms with Crippen molar-refractivity contribution in [2.24, 2.45) is 5.92 Å². The van der Waals surface area contributed by atoms with Crippen LogP contribution >= 0.6 is 0 Å². The number of aromatic amines is 1. The van der Waals surface area contributed by atoms with Crippen LogP contribution in [0.3, 0.4) is 0 Å². The number of piperidine rings is 1. The molecule has 1 unspecified atom stereocenters. The van der Waals surface area contributed by atoms with Gasteiger partial charge in [-0.1, -0.05) is 30.3 Å². The maximum Gasteiger partial charge on any atom is 0.271 e. The van der Waals surface area contributed by atoms with Crippen molar-refractivity contribution >= 4 is 5.91 Å². The largest absolute Gasteiger partial charge is 0.493 e. The van der Waals surface area contributed by atoms with Crippen LogP contribution in [0.2, 0.25) is 0 Å². The SMILES string of the molecule is COc1cc(-c2cc(C(=O)N3CCCC(COCc4ccccc4)C3)[nH]n2)cc(OC)c1OC. The number of nitrogens with zero attached hydrogens (tertiary/aromatic N) is 2. The van der Waals surface area contributed by atoms with Crippen molar-refractivity contribution in [1.82, 2.24) is 15.1 Å². The van der Waals surface area contributed by atoms with Crippen LogP contribution in [-0.2, 0) is 11.3 Å². The molecule has 4 rings (SSSR count). The lowest BCUT2D eigenvalue weighted by Gasteiger charge is -2.32. The van der Waals surface area contributed by atoms with Gasteiger partial charge in [0.2, 0.25) is 5.75 Å². The summed E-state index contributed by atoms with van der Waals surface area (Å²) in [4.78, 5) is 15.1. The van der Waals surface area contributed by atoms with Crippen molar-refractivity contribution in [3.8, 4) is 28.5 Å². The van der Waals surface area contributed by atoms with Gasteiger partial charge in [-0.3, -0.25) is 9.89 Å². The van der Waals surface area contributed by atoms with Gasteiger partial charge in [0.05, 0.1) is 40.2 Å². The summed E-state index contributed by atoms with van der Waals surface area (Å²) in [5, 5.41) is 7.26. The fraction of sp³-hybridized carbons (Fsp3) is 0.385. The summed E-state index contributed by atoms with van der Waals surface area (Å²) in [6.07, 6.45) is 2.01. The highest BCUT2D eigenvalue weighted by molar-refractivity contribution is 5.93. The number of ether oxygens (including phenoxy) is 4. The summed E-state index contributed by atoms with van der Waals surface area (Å²) in [7, 11) is 4.69. The lowest BCUT2D eigenvalue weighted by molar-refractivity contribution is 0.0422. The molecule has 0 spiro atoms. The Morgan fingerprint density at radius 2 is 1.79 bits per heavy atom. The van der Waals surface area contributed by atoms with E-state index in [0.717, 1.165) is 30.5 Å². The van der Waals surface area contributed by atoms with Crippen LogP contribution in [0.4, 0.5) is 0 Å². The molecule has 1 amide bonds. The van der Waals surface area contributed by atoms with Crippen LogP contribution in [0.25, 0.3) is 11.3 Å². The van der Waals surface area contributed by atoms with Gasteiger partial charge in [-0.2, -0.15) is 5.10 Å². The predicted molar refractivity (Wildman–Crippen MR) is 128 cm³/mol. The van der Waals surface area contributed by atoms with Gasteiger partial charge in [-0.25, -0.2) is 0 Å². The Bertz CT molecular complexity index is 1070. The van der Waals surface area contributed by atoms with Crippen molar-refractivity contribution in [2.45, 2.75) is 19.4 Å². The zero-order valence-electron chi connectivity index (χ0n) is 19.9. The normalized spacial score (nSPS) is 15.7. The van der Waals surface area contributed by atoms with E-state index in [1.54, 1.807) is 27.4 Å². The Hall–Kier alpha value is -3.52. The van der Waals surface area contributed by atoms with E-state index in [2.05, 4.69) is 22.3 Å². The minimum absolute atomic E-state index is 0.0565. The maximum atomic E-state index is 13.2. The van der Waals surface area contributed by atoms with Crippen molar-refractivity contribution in [1.29, 1.82) is 0 Å². The molecule has 0 radical (unpaired) electrons. The van der Waals surface area contributed by atoms with Gasteiger partial charge in [0.1, 0.15) is 5.69 Å². The van der Waals surface area contributed by atoms with Crippen LogP contribution in [0, 0.1) is 5.92 Å². The third kappa shape index (κ3) is 5.34. The average Bonchev–Trinajstić information content (AvgIpc) is 3.38. The van der Waals surface area contributed by atoms with Gasteiger partial charge in [0, 0.05) is 18.7 Å². The molecule has 2 aromatic carbocycles. The number of amides is 1. The zero-order chi connectivity index (χ0) is 23.9. The third-order valence-electron chi connectivity index (χ3n) is 6.04. The third-order valence-corrected chi connectivity index (χ3v) is 6.04. The van der Waals surface area contributed by atoms with Crippen molar-refractivity contribution < 1.29 is 23.7 Å². The minimum atomic E-state index is -0.0565.